The second-order valence-electron chi connectivity index (χ2n) is 6.77. The van der Waals surface area contributed by atoms with Crippen LogP contribution in [0.25, 0.3) is 0 Å². The molecule has 0 radical (unpaired) electrons. The minimum Gasteiger partial charge on any atom is -0.299 e. The first kappa shape index (κ1) is 14.6. The Kier molecular flexibility index (Phi) is 3.77. The standard InChI is InChI=1S/C17H23N5O/c1-20-17(23)22(15-2-3-15)16(19-20)14-6-10-21(11-7-14)12-13-4-8-18-9-5-13/h4-5,8-9,14-15H,2-3,6-7,10-12H2,1H3. The molecule has 3 heterocycles. The molecule has 0 amide bonds. The van der Waals surface area contributed by atoms with Gasteiger partial charge in [-0.2, -0.15) is 5.10 Å². The van der Waals surface area contributed by atoms with Crippen molar-refractivity contribution in [2.45, 2.75) is 44.2 Å². The highest BCUT2D eigenvalue weighted by Crippen LogP contribution is 2.37. The maximum absolute atomic E-state index is 12.3. The molecule has 0 aromatic carbocycles. The normalized spacial score (nSPS) is 20.0. The van der Waals surface area contributed by atoms with Crippen LogP contribution in [0.3, 0.4) is 0 Å². The Bertz CT molecular complexity index is 723. The molecule has 23 heavy (non-hydrogen) atoms. The fourth-order valence-corrected chi connectivity index (χ4v) is 3.55. The van der Waals surface area contributed by atoms with E-state index in [0.29, 0.717) is 12.0 Å². The average molecular weight is 313 g/mol. The van der Waals surface area contributed by atoms with Crippen LogP contribution in [-0.2, 0) is 13.6 Å². The molecule has 2 fully saturated rings. The summed E-state index contributed by atoms with van der Waals surface area (Å²) in [5.41, 5.74) is 1.37. The number of nitrogens with zero attached hydrogens (tertiary/aromatic N) is 5. The van der Waals surface area contributed by atoms with Gasteiger partial charge in [0.05, 0.1) is 0 Å². The van der Waals surface area contributed by atoms with Gasteiger partial charge in [0.2, 0.25) is 0 Å². The van der Waals surface area contributed by atoms with Crippen molar-refractivity contribution in [3.05, 3.63) is 46.4 Å². The molecular weight excluding hydrogens is 290 g/mol. The summed E-state index contributed by atoms with van der Waals surface area (Å²) in [4.78, 5) is 18.8. The number of likely N-dealkylation sites (tertiary alicyclic amines) is 1. The second kappa shape index (κ2) is 5.92. The van der Waals surface area contributed by atoms with Crippen LogP contribution in [0.15, 0.2) is 29.3 Å². The summed E-state index contributed by atoms with van der Waals surface area (Å²) in [7, 11) is 1.77. The van der Waals surface area contributed by atoms with Crippen LogP contribution in [0.1, 0.15) is 49.0 Å². The molecule has 0 unspecified atom stereocenters. The fraction of sp³-hybridized carbons (Fsp3) is 0.588. The van der Waals surface area contributed by atoms with Crippen molar-refractivity contribution in [1.29, 1.82) is 0 Å². The summed E-state index contributed by atoms with van der Waals surface area (Å²) in [6.07, 6.45) is 8.11. The van der Waals surface area contributed by atoms with Gasteiger partial charge < -0.3 is 0 Å². The first-order valence-electron chi connectivity index (χ1n) is 8.49. The fourth-order valence-electron chi connectivity index (χ4n) is 3.55. The maximum Gasteiger partial charge on any atom is 0.345 e. The molecule has 1 aliphatic heterocycles. The third-order valence-corrected chi connectivity index (χ3v) is 5.00. The van der Waals surface area contributed by atoms with Crippen molar-refractivity contribution >= 4 is 0 Å². The van der Waals surface area contributed by atoms with Crippen molar-refractivity contribution in [2.24, 2.45) is 7.05 Å². The minimum absolute atomic E-state index is 0.0571. The van der Waals surface area contributed by atoms with Crippen LogP contribution in [0, 0.1) is 0 Å². The van der Waals surface area contributed by atoms with E-state index in [1.54, 1.807) is 7.05 Å². The van der Waals surface area contributed by atoms with Crippen molar-refractivity contribution in [3.8, 4) is 0 Å². The van der Waals surface area contributed by atoms with Gasteiger partial charge in [-0.25, -0.2) is 9.48 Å². The summed E-state index contributed by atoms with van der Waals surface area (Å²) in [5, 5.41) is 4.54. The molecule has 2 aromatic heterocycles. The van der Waals surface area contributed by atoms with Crippen LogP contribution in [0.5, 0.6) is 0 Å². The van der Waals surface area contributed by atoms with E-state index in [4.69, 9.17) is 0 Å². The number of aromatic nitrogens is 4. The number of pyridine rings is 1. The Morgan fingerprint density at radius 1 is 1.13 bits per heavy atom. The van der Waals surface area contributed by atoms with Gasteiger partial charge in [0, 0.05) is 37.9 Å². The molecule has 6 heteroatoms. The summed E-state index contributed by atoms with van der Waals surface area (Å²) >= 11 is 0. The SMILES string of the molecule is Cn1nc(C2CCN(Cc3ccncc3)CC2)n(C2CC2)c1=O. The zero-order valence-corrected chi connectivity index (χ0v) is 13.6. The van der Waals surface area contributed by atoms with Gasteiger partial charge in [-0.3, -0.25) is 14.5 Å². The molecule has 6 nitrogen and oxygen atoms in total. The Hall–Kier alpha value is -1.95. The molecule has 1 saturated carbocycles. The van der Waals surface area contributed by atoms with Crippen molar-refractivity contribution in [2.75, 3.05) is 13.1 Å². The monoisotopic (exact) mass is 313 g/mol. The van der Waals surface area contributed by atoms with Gasteiger partial charge in [-0.15, -0.1) is 0 Å². The molecule has 0 N–H and O–H groups in total. The summed E-state index contributed by atoms with van der Waals surface area (Å²) < 4.78 is 3.47. The maximum atomic E-state index is 12.3. The first-order chi connectivity index (χ1) is 11.2. The molecule has 1 aliphatic carbocycles. The van der Waals surface area contributed by atoms with Crippen LogP contribution in [0.2, 0.25) is 0 Å². The highest BCUT2D eigenvalue weighted by atomic mass is 16.2. The van der Waals surface area contributed by atoms with Gasteiger partial charge in [0.25, 0.3) is 0 Å². The second-order valence-corrected chi connectivity index (χ2v) is 6.77. The van der Waals surface area contributed by atoms with E-state index >= 15 is 0 Å². The highest BCUT2D eigenvalue weighted by molar-refractivity contribution is 5.10. The van der Waals surface area contributed by atoms with Crippen LogP contribution in [0.4, 0.5) is 0 Å². The van der Waals surface area contributed by atoms with E-state index in [1.165, 1.54) is 10.2 Å². The largest absolute Gasteiger partial charge is 0.345 e. The van der Waals surface area contributed by atoms with E-state index in [9.17, 15) is 4.79 Å². The number of aryl methyl sites for hydroxylation is 1. The molecule has 0 bridgehead atoms. The van der Waals surface area contributed by atoms with E-state index in [1.807, 2.05) is 17.0 Å². The van der Waals surface area contributed by atoms with Gasteiger partial charge in [-0.1, -0.05) is 0 Å². The van der Waals surface area contributed by atoms with Gasteiger partial charge in [-0.05, 0) is 56.5 Å². The zero-order valence-electron chi connectivity index (χ0n) is 13.6. The predicted molar refractivity (Wildman–Crippen MR) is 87.2 cm³/mol. The van der Waals surface area contributed by atoms with Crippen LogP contribution < -0.4 is 5.69 Å². The molecular formula is C17H23N5O. The number of hydrogen-bond acceptors (Lipinski definition) is 4. The minimum atomic E-state index is 0.0571. The predicted octanol–water partition coefficient (Wildman–Crippen LogP) is 1.69. The lowest BCUT2D eigenvalue weighted by Crippen LogP contribution is -2.33. The Balaban J connectivity index is 1.44. The van der Waals surface area contributed by atoms with Crippen molar-refractivity contribution in [1.82, 2.24) is 24.2 Å². The smallest absolute Gasteiger partial charge is 0.299 e. The molecule has 0 atom stereocenters. The lowest BCUT2D eigenvalue weighted by Gasteiger charge is -2.31. The molecule has 1 saturated heterocycles. The molecule has 2 aromatic rings. The van der Waals surface area contributed by atoms with Crippen molar-refractivity contribution < 1.29 is 0 Å². The Morgan fingerprint density at radius 3 is 2.48 bits per heavy atom. The summed E-state index contributed by atoms with van der Waals surface area (Å²) in [5.74, 6) is 1.43. The van der Waals surface area contributed by atoms with E-state index in [0.717, 1.165) is 51.1 Å². The van der Waals surface area contributed by atoms with E-state index < -0.39 is 0 Å². The molecule has 2 aliphatic rings. The topological polar surface area (TPSA) is 56.0 Å². The first-order valence-corrected chi connectivity index (χ1v) is 8.49. The Labute approximate surface area is 135 Å². The lowest BCUT2D eigenvalue weighted by molar-refractivity contribution is 0.199. The quantitative estimate of drug-likeness (QED) is 0.862. The van der Waals surface area contributed by atoms with Crippen LogP contribution >= 0.6 is 0 Å². The van der Waals surface area contributed by atoms with Gasteiger partial charge in [0.1, 0.15) is 5.82 Å². The molecule has 0 spiro atoms. The van der Waals surface area contributed by atoms with Crippen molar-refractivity contribution in [3.63, 3.8) is 0 Å². The van der Waals surface area contributed by atoms with E-state index in [2.05, 4.69) is 27.1 Å². The third-order valence-electron chi connectivity index (χ3n) is 5.00. The average Bonchev–Trinajstić information content (AvgIpc) is 3.36. The van der Waals surface area contributed by atoms with Gasteiger partial charge >= 0.3 is 5.69 Å². The summed E-state index contributed by atoms with van der Waals surface area (Å²) in [6.45, 7) is 3.09. The van der Waals surface area contributed by atoms with Gasteiger partial charge in [0.15, 0.2) is 0 Å². The number of hydrogen-bond donors (Lipinski definition) is 0. The van der Waals surface area contributed by atoms with Crippen LogP contribution in [-0.4, -0.2) is 37.3 Å². The molecule has 122 valence electrons. The Morgan fingerprint density at radius 2 is 1.83 bits per heavy atom. The number of piperidine rings is 1. The lowest BCUT2D eigenvalue weighted by atomic mass is 9.95. The van der Waals surface area contributed by atoms with E-state index in [-0.39, 0.29) is 5.69 Å². The highest BCUT2D eigenvalue weighted by Gasteiger charge is 2.33. The zero-order chi connectivity index (χ0) is 15.8. The molecule has 4 rings (SSSR count). The number of rotatable bonds is 4. The third kappa shape index (κ3) is 2.95. The summed E-state index contributed by atoms with van der Waals surface area (Å²) in [6, 6.07) is 4.56.